The third-order valence-corrected chi connectivity index (χ3v) is 10.2. The Hall–Kier alpha value is -0.0400. The fourth-order valence-electron chi connectivity index (χ4n) is 10.2. The van der Waals surface area contributed by atoms with Crippen molar-refractivity contribution in [3.8, 4) is 0 Å². The van der Waals surface area contributed by atoms with E-state index in [-0.39, 0.29) is 5.60 Å². The highest BCUT2D eigenvalue weighted by Gasteiger charge is 2.62. The van der Waals surface area contributed by atoms with Crippen LogP contribution < -0.4 is 0 Å². The smallest absolute Gasteiger partial charge is 0.0711 e. The number of rotatable bonds is 3. The maximum absolute atomic E-state index is 12.3. The van der Waals surface area contributed by atoms with E-state index < -0.39 is 0 Å². The van der Waals surface area contributed by atoms with Crippen molar-refractivity contribution in [2.45, 2.75) is 83.2 Å². The van der Waals surface area contributed by atoms with Crippen molar-refractivity contribution < 1.29 is 5.11 Å². The van der Waals surface area contributed by atoms with Gasteiger partial charge in [-0.15, -0.1) is 0 Å². The molecule has 24 heavy (non-hydrogen) atoms. The van der Waals surface area contributed by atoms with Crippen molar-refractivity contribution in [1.29, 1.82) is 0 Å². The van der Waals surface area contributed by atoms with E-state index in [0.717, 1.165) is 53.8 Å². The molecule has 0 aromatic rings. The Balaban J connectivity index is 1.35. The molecule has 0 aliphatic heterocycles. The minimum absolute atomic E-state index is 0.314. The van der Waals surface area contributed by atoms with Crippen LogP contribution in [0.5, 0.6) is 0 Å². The van der Waals surface area contributed by atoms with Crippen LogP contribution in [0.4, 0.5) is 0 Å². The van der Waals surface area contributed by atoms with Gasteiger partial charge in [0.15, 0.2) is 0 Å². The monoisotopic (exact) mass is 328 g/mol. The van der Waals surface area contributed by atoms with Gasteiger partial charge in [0.25, 0.3) is 0 Å². The minimum atomic E-state index is -0.314. The third kappa shape index (κ3) is 1.92. The Labute approximate surface area is 148 Å². The second kappa shape index (κ2) is 5.02. The van der Waals surface area contributed by atoms with Crippen LogP contribution in [0.3, 0.4) is 0 Å². The molecule has 8 aliphatic rings. The molecule has 0 unspecified atom stereocenters. The zero-order valence-corrected chi connectivity index (χ0v) is 15.5. The first kappa shape index (κ1) is 15.1. The average molecular weight is 329 g/mol. The average Bonchev–Trinajstić information content (AvgIpc) is 2.52. The SMILES string of the molecule is CCC(O)(C1C2CC3CC(C2)CC1C3)C1C2CC3CC(C2)CC1C3. The summed E-state index contributed by atoms with van der Waals surface area (Å²) in [6.07, 6.45) is 15.8. The van der Waals surface area contributed by atoms with Crippen molar-refractivity contribution >= 4 is 0 Å². The van der Waals surface area contributed by atoms with Gasteiger partial charge in [0, 0.05) is 0 Å². The fourth-order valence-corrected chi connectivity index (χ4v) is 10.2. The molecule has 0 spiro atoms. The fraction of sp³-hybridized carbons (Fsp3) is 1.00. The lowest BCUT2D eigenvalue weighted by Gasteiger charge is -2.65. The summed E-state index contributed by atoms with van der Waals surface area (Å²) in [6.45, 7) is 2.33. The van der Waals surface area contributed by atoms with Gasteiger partial charge in [-0.25, -0.2) is 0 Å². The predicted octanol–water partition coefficient (Wildman–Crippen LogP) is 5.27. The third-order valence-electron chi connectivity index (χ3n) is 10.2. The van der Waals surface area contributed by atoms with E-state index in [1.807, 2.05) is 0 Å². The van der Waals surface area contributed by atoms with Gasteiger partial charge >= 0.3 is 0 Å². The van der Waals surface area contributed by atoms with Gasteiger partial charge in [-0.05, 0) is 130 Å². The molecular weight excluding hydrogens is 292 g/mol. The molecule has 1 N–H and O–H groups in total. The zero-order valence-electron chi connectivity index (χ0n) is 15.5. The van der Waals surface area contributed by atoms with Gasteiger partial charge in [0.2, 0.25) is 0 Å². The van der Waals surface area contributed by atoms with E-state index >= 15 is 0 Å². The summed E-state index contributed by atoms with van der Waals surface area (Å²) in [5.74, 6) is 8.97. The number of hydrogen-bond donors (Lipinski definition) is 1. The van der Waals surface area contributed by atoms with E-state index in [0.29, 0.717) is 11.8 Å². The van der Waals surface area contributed by atoms with Crippen LogP contribution in [-0.4, -0.2) is 10.7 Å². The first-order valence-corrected chi connectivity index (χ1v) is 11.4. The predicted molar refractivity (Wildman–Crippen MR) is 96.3 cm³/mol. The highest BCUT2D eigenvalue weighted by Crippen LogP contribution is 2.66. The molecular formula is C23H36O. The summed E-state index contributed by atoms with van der Waals surface area (Å²) >= 11 is 0. The lowest BCUT2D eigenvalue weighted by Crippen LogP contribution is -2.63. The van der Waals surface area contributed by atoms with Gasteiger partial charge < -0.3 is 5.11 Å². The van der Waals surface area contributed by atoms with Crippen LogP contribution in [0.15, 0.2) is 0 Å². The van der Waals surface area contributed by atoms with E-state index in [1.54, 1.807) is 0 Å². The van der Waals surface area contributed by atoms with Crippen LogP contribution in [0.1, 0.15) is 77.6 Å². The minimum Gasteiger partial charge on any atom is -0.389 e. The highest BCUT2D eigenvalue weighted by atomic mass is 16.3. The Morgan fingerprint density at radius 1 is 0.583 bits per heavy atom. The first-order valence-electron chi connectivity index (χ1n) is 11.4. The first-order chi connectivity index (χ1) is 11.6. The quantitative estimate of drug-likeness (QED) is 0.748. The van der Waals surface area contributed by atoms with E-state index in [4.69, 9.17) is 0 Å². The van der Waals surface area contributed by atoms with Crippen molar-refractivity contribution in [2.24, 2.45) is 59.2 Å². The zero-order chi connectivity index (χ0) is 16.1. The molecule has 0 aromatic carbocycles. The standard InChI is InChI=1S/C23H36O/c1-2-23(24,21-17-5-13-3-14(7-17)8-18(21)6-13)22-19-9-15-4-16(11-19)12-20(22)10-15/h13-22,24H,2-12H2,1H3. The van der Waals surface area contributed by atoms with Gasteiger partial charge in [-0.1, -0.05) is 6.92 Å². The lowest BCUT2D eigenvalue weighted by atomic mass is 9.42. The molecule has 0 heterocycles. The Morgan fingerprint density at radius 3 is 1.12 bits per heavy atom. The second-order valence-electron chi connectivity index (χ2n) is 11.3. The number of hydrogen-bond acceptors (Lipinski definition) is 1. The van der Waals surface area contributed by atoms with Crippen molar-refractivity contribution in [3.05, 3.63) is 0 Å². The van der Waals surface area contributed by atoms with Crippen molar-refractivity contribution in [1.82, 2.24) is 0 Å². The highest BCUT2D eigenvalue weighted by molar-refractivity contribution is 5.11. The summed E-state index contributed by atoms with van der Waals surface area (Å²) in [6, 6.07) is 0. The Morgan fingerprint density at radius 2 is 0.875 bits per heavy atom. The normalized spacial score (nSPS) is 59.8. The van der Waals surface area contributed by atoms with E-state index in [1.165, 1.54) is 64.2 Å². The summed E-state index contributed by atoms with van der Waals surface area (Å²) < 4.78 is 0. The van der Waals surface area contributed by atoms with Gasteiger partial charge in [0.1, 0.15) is 0 Å². The molecule has 134 valence electrons. The summed E-state index contributed by atoms with van der Waals surface area (Å²) in [4.78, 5) is 0. The van der Waals surface area contributed by atoms with Gasteiger partial charge in [-0.3, -0.25) is 0 Å². The second-order valence-corrected chi connectivity index (χ2v) is 11.3. The number of aliphatic hydroxyl groups is 1. The van der Waals surface area contributed by atoms with Crippen LogP contribution in [0.25, 0.3) is 0 Å². The molecule has 0 atom stereocenters. The maximum Gasteiger partial charge on any atom is 0.0711 e. The van der Waals surface area contributed by atoms with Crippen LogP contribution in [0.2, 0.25) is 0 Å². The largest absolute Gasteiger partial charge is 0.389 e. The lowest BCUT2D eigenvalue weighted by molar-refractivity contribution is -0.216. The topological polar surface area (TPSA) is 20.2 Å². The van der Waals surface area contributed by atoms with Crippen molar-refractivity contribution in [2.75, 3.05) is 0 Å². The molecule has 8 fully saturated rings. The van der Waals surface area contributed by atoms with E-state index in [2.05, 4.69) is 6.92 Å². The van der Waals surface area contributed by atoms with E-state index in [9.17, 15) is 5.11 Å². The molecule has 8 rings (SSSR count). The Bertz CT molecular complexity index is 424. The molecule has 0 radical (unpaired) electrons. The molecule has 8 bridgehead atoms. The van der Waals surface area contributed by atoms with Gasteiger partial charge in [0.05, 0.1) is 5.60 Å². The molecule has 0 amide bonds. The maximum atomic E-state index is 12.3. The molecule has 0 saturated heterocycles. The Kier molecular flexibility index (Phi) is 3.15. The van der Waals surface area contributed by atoms with Crippen LogP contribution >= 0.6 is 0 Å². The molecule has 1 heteroatoms. The van der Waals surface area contributed by atoms with Gasteiger partial charge in [-0.2, -0.15) is 0 Å². The summed E-state index contributed by atoms with van der Waals surface area (Å²) in [5.41, 5.74) is -0.314. The summed E-state index contributed by atoms with van der Waals surface area (Å²) in [7, 11) is 0. The van der Waals surface area contributed by atoms with Crippen LogP contribution in [0, 0.1) is 59.2 Å². The van der Waals surface area contributed by atoms with Crippen LogP contribution in [-0.2, 0) is 0 Å². The molecule has 1 nitrogen and oxygen atoms in total. The van der Waals surface area contributed by atoms with Crippen molar-refractivity contribution in [3.63, 3.8) is 0 Å². The summed E-state index contributed by atoms with van der Waals surface area (Å²) in [5, 5.41) is 12.3. The molecule has 8 saturated carbocycles. The molecule has 8 aliphatic carbocycles. The molecule has 0 aromatic heterocycles.